The minimum atomic E-state index is 0. The van der Waals surface area contributed by atoms with E-state index in [-0.39, 0.29) is 22.8 Å². The molecule has 88 valence electrons. The monoisotopic (exact) mass is 292 g/mol. The maximum atomic E-state index is 11.9. The summed E-state index contributed by atoms with van der Waals surface area (Å²) in [6, 6.07) is 11.2. The highest BCUT2D eigenvalue weighted by atomic mass is 79.9. The number of carbonyl (C=O) groups excluding carboxylic acids is 1. The Bertz CT molecular complexity index is 500. The summed E-state index contributed by atoms with van der Waals surface area (Å²) in [7, 11) is 0. The molecular weight excluding hydrogens is 280 g/mol. The van der Waals surface area contributed by atoms with Crippen molar-refractivity contribution in [3.63, 3.8) is 0 Å². The minimum absolute atomic E-state index is 0. The van der Waals surface area contributed by atoms with Crippen molar-refractivity contribution in [3.8, 4) is 0 Å². The van der Waals surface area contributed by atoms with Crippen LogP contribution in [0.2, 0.25) is 0 Å². The third-order valence-corrected chi connectivity index (χ3v) is 2.43. The Morgan fingerprint density at radius 3 is 2.65 bits per heavy atom. The van der Waals surface area contributed by atoms with Crippen molar-refractivity contribution < 1.29 is 26.3 Å². The number of aromatic nitrogens is 2. The Labute approximate surface area is 111 Å². The summed E-state index contributed by atoms with van der Waals surface area (Å²) >= 11 is 0. The van der Waals surface area contributed by atoms with Gasteiger partial charge in [0.05, 0.1) is 0 Å². The van der Waals surface area contributed by atoms with Gasteiger partial charge in [0.15, 0.2) is 11.9 Å². The van der Waals surface area contributed by atoms with Gasteiger partial charge < -0.3 is 17.0 Å². The van der Waals surface area contributed by atoms with Gasteiger partial charge in [0.25, 0.3) is 0 Å². The van der Waals surface area contributed by atoms with Crippen molar-refractivity contribution in [3.05, 3.63) is 60.2 Å². The molecule has 2 aromatic rings. The van der Waals surface area contributed by atoms with Gasteiger partial charge in [-0.2, -0.15) is 4.57 Å². The van der Waals surface area contributed by atoms with E-state index < -0.39 is 0 Å². The number of aryl methyl sites for hydroxylation is 1. The van der Waals surface area contributed by atoms with Crippen LogP contribution in [0.1, 0.15) is 16.2 Å². The van der Waals surface area contributed by atoms with Gasteiger partial charge >= 0.3 is 0 Å². The molecule has 2 aromatic heterocycles. The third-order valence-electron chi connectivity index (χ3n) is 2.43. The summed E-state index contributed by atoms with van der Waals surface area (Å²) in [6.45, 7) is 2.31. The molecule has 0 N–H and O–H groups in total. The lowest BCUT2D eigenvalue weighted by molar-refractivity contribution is -0.689. The van der Waals surface area contributed by atoms with E-state index in [0.29, 0.717) is 12.2 Å². The molecule has 17 heavy (non-hydrogen) atoms. The molecule has 0 saturated carbocycles. The first-order chi connectivity index (χ1) is 7.77. The molecule has 0 amide bonds. The van der Waals surface area contributed by atoms with Gasteiger partial charge in [0.1, 0.15) is 5.69 Å². The number of pyridine rings is 2. The zero-order valence-corrected chi connectivity index (χ0v) is 11.1. The molecule has 2 rings (SSSR count). The first-order valence-corrected chi connectivity index (χ1v) is 5.16. The fourth-order valence-electron chi connectivity index (χ4n) is 1.50. The number of Topliss-reactive ketones (excluding diaryl/α,β-unsaturated/α-hetero) is 1. The molecule has 0 bridgehead atoms. The Morgan fingerprint density at radius 2 is 2.00 bits per heavy atom. The smallest absolute Gasteiger partial charge is 0.245 e. The van der Waals surface area contributed by atoms with Crippen molar-refractivity contribution in [2.24, 2.45) is 0 Å². The van der Waals surface area contributed by atoms with Gasteiger partial charge in [0, 0.05) is 25.3 Å². The molecule has 0 aromatic carbocycles. The molecule has 2 heterocycles. The number of halogens is 1. The first kappa shape index (κ1) is 13.5. The number of hydrogen-bond acceptors (Lipinski definition) is 2. The number of hydrogen-bond donors (Lipinski definition) is 0. The van der Waals surface area contributed by atoms with Crippen LogP contribution in [0.5, 0.6) is 0 Å². The van der Waals surface area contributed by atoms with Crippen LogP contribution >= 0.6 is 0 Å². The number of carbonyl (C=O) groups is 1. The molecule has 3 nitrogen and oxygen atoms in total. The molecule has 0 aliphatic carbocycles. The van der Waals surface area contributed by atoms with E-state index in [0.717, 1.165) is 5.69 Å². The van der Waals surface area contributed by atoms with Crippen LogP contribution in [0.4, 0.5) is 0 Å². The maximum Gasteiger partial charge on any atom is 0.245 e. The third kappa shape index (κ3) is 3.46. The van der Waals surface area contributed by atoms with Gasteiger partial charge in [0.2, 0.25) is 12.3 Å². The van der Waals surface area contributed by atoms with E-state index in [4.69, 9.17) is 0 Å². The van der Waals surface area contributed by atoms with Gasteiger partial charge in [-0.25, -0.2) is 0 Å². The van der Waals surface area contributed by atoms with E-state index in [1.54, 1.807) is 18.3 Å². The lowest BCUT2D eigenvalue weighted by Crippen LogP contribution is -3.00. The van der Waals surface area contributed by atoms with E-state index >= 15 is 0 Å². The van der Waals surface area contributed by atoms with E-state index in [2.05, 4.69) is 4.98 Å². The van der Waals surface area contributed by atoms with E-state index in [1.165, 1.54) is 0 Å². The lowest BCUT2D eigenvalue weighted by Gasteiger charge is -1.99. The van der Waals surface area contributed by atoms with E-state index in [9.17, 15) is 4.79 Å². The molecule has 0 saturated heterocycles. The molecule has 0 unspecified atom stereocenters. The van der Waals surface area contributed by atoms with Crippen molar-refractivity contribution in [1.82, 2.24) is 4.98 Å². The Morgan fingerprint density at radius 1 is 1.24 bits per heavy atom. The molecule has 0 spiro atoms. The van der Waals surface area contributed by atoms with Gasteiger partial charge in [-0.3, -0.25) is 9.78 Å². The highest BCUT2D eigenvalue weighted by Crippen LogP contribution is 1.96. The summed E-state index contributed by atoms with van der Waals surface area (Å²) in [5, 5.41) is 0. The van der Waals surface area contributed by atoms with E-state index in [1.807, 2.05) is 42.0 Å². The number of nitrogens with zero attached hydrogens (tertiary/aromatic N) is 2. The van der Waals surface area contributed by atoms with Crippen LogP contribution in [0, 0.1) is 6.92 Å². The lowest BCUT2D eigenvalue weighted by atomic mass is 10.2. The predicted octanol–water partition coefficient (Wildman–Crippen LogP) is -1.44. The molecule has 0 aliphatic heterocycles. The average molecular weight is 293 g/mol. The average Bonchev–Trinajstić information content (AvgIpc) is 2.33. The SMILES string of the molecule is Cc1cccc[n+]1CC(=O)c1ccccn1.[Br-]. The standard InChI is InChI=1S/C13H13N2O.BrH/c1-11-6-3-5-9-15(11)10-13(16)12-7-2-4-8-14-12;/h2-9H,10H2,1H3;1H/q+1;/p-1. The Kier molecular flexibility index (Phi) is 4.97. The van der Waals surface area contributed by atoms with Crippen molar-refractivity contribution in [2.75, 3.05) is 0 Å². The summed E-state index contributed by atoms with van der Waals surface area (Å²) < 4.78 is 1.91. The molecule has 0 radical (unpaired) electrons. The molecule has 0 aliphatic rings. The van der Waals surface area contributed by atoms with Gasteiger partial charge in [-0.15, -0.1) is 0 Å². The van der Waals surface area contributed by atoms with Crippen molar-refractivity contribution >= 4 is 5.78 Å². The predicted molar refractivity (Wildman–Crippen MR) is 59.9 cm³/mol. The fraction of sp³-hybridized carbons (Fsp3) is 0.154. The summed E-state index contributed by atoms with van der Waals surface area (Å²) in [5.74, 6) is 0.0277. The van der Waals surface area contributed by atoms with Crippen molar-refractivity contribution in [1.29, 1.82) is 0 Å². The minimum Gasteiger partial charge on any atom is -1.00 e. The number of ketones is 1. The Balaban J connectivity index is 0.00000144. The Hall–Kier alpha value is -1.55. The van der Waals surface area contributed by atoms with Crippen LogP contribution in [0.25, 0.3) is 0 Å². The van der Waals surface area contributed by atoms with Crippen LogP contribution < -0.4 is 21.5 Å². The summed E-state index contributed by atoms with van der Waals surface area (Å²) in [4.78, 5) is 15.9. The normalized spacial score (nSPS) is 9.47. The zero-order valence-electron chi connectivity index (χ0n) is 9.51. The van der Waals surface area contributed by atoms with Crippen molar-refractivity contribution in [2.45, 2.75) is 13.5 Å². The first-order valence-electron chi connectivity index (χ1n) is 5.16. The second-order valence-corrected chi connectivity index (χ2v) is 3.61. The quantitative estimate of drug-likeness (QED) is 0.513. The molecular formula is C13H13BrN2O. The highest BCUT2D eigenvalue weighted by Gasteiger charge is 2.14. The van der Waals surface area contributed by atoms with Gasteiger partial charge in [-0.1, -0.05) is 12.1 Å². The zero-order chi connectivity index (χ0) is 11.4. The second kappa shape index (κ2) is 6.25. The topological polar surface area (TPSA) is 33.8 Å². The van der Waals surface area contributed by atoms with Crippen LogP contribution in [0.15, 0.2) is 48.8 Å². The van der Waals surface area contributed by atoms with Crippen LogP contribution in [-0.4, -0.2) is 10.8 Å². The summed E-state index contributed by atoms with van der Waals surface area (Å²) in [5.41, 5.74) is 1.57. The van der Waals surface area contributed by atoms with Crippen LogP contribution in [0.3, 0.4) is 0 Å². The molecule has 0 fully saturated rings. The van der Waals surface area contributed by atoms with Gasteiger partial charge in [-0.05, 0) is 12.1 Å². The van der Waals surface area contributed by atoms with Crippen LogP contribution in [-0.2, 0) is 6.54 Å². The fourth-order valence-corrected chi connectivity index (χ4v) is 1.50. The maximum absolute atomic E-state index is 11.9. The largest absolute Gasteiger partial charge is 1.00 e. The number of rotatable bonds is 3. The summed E-state index contributed by atoms with van der Waals surface area (Å²) in [6.07, 6.45) is 3.53. The molecule has 0 atom stereocenters. The highest BCUT2D eigenvalue weighted by molar-refractivity contribution is 5.93. The second-order valence-electron chi connectivity index (χ2n) is 3.61. The molecule has 4 heteroatoms.